The van der Waals surface area contributed by atoms with E-state index in [2.05, 4.69) is 24.1 Å². The summed E-state index contributed by atoms with van der Waals surface area (Å²) in [4.78, 5) is 14.2. The van der Waals surface area contributed by atoms with Crippen molar-refractivity contribution in [3.05, 3.63) is 0 Å². The first-order chi connectivity index (χ1) is 8.49. The monoisotopic (exact) mass is 255 g/mol. The Kier molecular flexibility index (Phi) is 6.65. The minimum atomic E-state index is 0.193. The van der Waals surface area contributed by atoms with Gasteiger partial charge in [-0.3, -0.25) is 4.79 Å². The first kappa shape index (κ1) is 15.4. The van der Waals surface area contributed by atoms with Crippen LogP contribution in [0.1, 0.15) is 52.9 Å². The van der Waals surface area contributed by atoms with Crippen LogP contribution in [0.15, 0.2) is 0 Å². The van der Waals surface area contributed by atoms with Gasteiger partial charge >= 0.3 is 0 Å². The van der Waals surface area contributed by atoms with Gasteiger partial charge in [0.15, 0.2) is 0 Å². The molecule has 0 saturated carbocycles. The molecule has 1 aliphatic heterocycles. The number of rotatable bonds is 6. The molecule has 0 aromatic heterocycles. The van der Waals surface area contributed by atoms with E-state index in [9.17, 15) is 4.79 Å². The Labute approximate surface area is 111 Å². The normalized spacial score (nSPS) is 20.1. The van der Waals surface area contributed by atoms with E-state index in [0.717, 1.165) is 38.8 Å². The van der Waals surface area contributed by atoms with Crippen LogP contribution in [0.2, 0.25) is 0 Å². The SMILES string of the molecule is CC(N)CCCC(=O)NC1CCN(C(C)C)CC1. The van der Waals surface area contributed by atoms with Crippen LogP contribution in [0.25, 0.3) is 0 Å². The van der Waals surface area contributed by atoms with Crippen molar-refractivity contribution < 1.29 is 4.79 Å². The van der Waals surface area contributed by atoms with Gasteiger partial charge in [-0.05, 0) is 46.5 Å². The molecule has 1 saturated heterocycles. The van der Waals surface area contributed by atoms with Gasteiger partial charge < -0.3 is 16.0 Å². The molecule has 1 amide bonds. The number of piperidine rings is 1. The van der Waals surface area contributed by atoms with E-state index < -0.39 is 0 Å². The van der Waals surface area contributed by atoms with E-state index in [1.807, 2.05) is 6.92 Å². The predicted molar refractivity (Wildman–Crippen MR) is 75.4 cm³/mol. The van der Waals surface area contributed by atoms with E-state index in [1.165, 1.54) is 0 Å². The Morgan fingerprint density at radius 3 is 2.44 bits per heavy atom. The number of nitrogens with one attached hydrogen (secondary N) is 1. The van der Waals surface area contributed by atoms with Crippen LogP contribution in [0.4, 0.5) is 0 Å². The van der Waals surface area contributed by atoms with Gasteiger partial charge in [-0.1, -0.05) is 0 Å². The van der Waals surface area contributed by atoms with Crippen molar-refractivity contribution in [2.75, 3.05) is 13.1 Å². The third-order valence-electron chi connectivity index (χ3n) is 3.69. The van der Waals surface area contributed by atoms with E-state index in [1.54, 1.807) is 0 Å². The Morgan fingerprint density at radius 1 is 1.33 bits per heavy atom. The lowest BCUT2D eigenvalue weighted by Crippen LogP contribution is -2.46. The average molecular weight is 255 g/mol. The third-order valence-corrected chi connectivity index (χ3v) is 3.69. The number of nitrogens with two attached hydrogens (primary N) is 1. The zero-order valence-electron chi connectivity index (χ0n) is 12.1. The first-order valence-electron chi connectivity index (χ1n) is 7.28. The largest absolute Gasteiger partial charge is 0.353 e. The Bertz CT molecular complexity index is 245. The van der Waals surface area contributed by atoms with Crippen LogP contribution in [-0.2, 0) is 4.79 Å². The second kappa shape index (κ2) is 7.74. The summed E-state index contributed by atoms with van der Waals surface area (Å²) in [5.41, 5.74) is 5.67. The topological polar surface area (TPSA) is 58.4 Å². The summed E-state index contributed by atoms with van der Waals surface area (Å²) in [6, 6.07) is 1.20. The van der Waals surface area contributed by atoms with Gasteiger partial charge in [0, 0.05) is 37.6 Å². The molecular formula is C14H29N3O. The average Bonchev–Trinajstić information content (AvgIpc) is 2.29. The highest BCUT2D eigenvalue weighted by Crippen LogP contribution is 2.13. The van der Waals surface area contributed by atoms with E-state index in [0.29, 0.717) is 18.5 Å². The molecule has 0 radical (unpaired) electrons. The first-order valence-corrected chi connectivity index (χ1v) is 7.28. The molecule has 106 valence electrons. The molecule has 1 unspecified atom stereocenters. The van der Waals surface area contributed by atoms with E-state index in [-0.39, 0.29) is 11.9 Å². The predicted octanol–water partition coefficient (Wildman–Crippen LogP) is 1.49. The lowest BCUT2D eigenvalue weighted by molar-refractivity contribution is -0.122. The van der Waals surface area contributed by atoms with E-state index in [4.69, 9.17) is 5.73 Å². The molecule has 0 aromatic rings. The number of amides is 1. The highest BCUT2D eigenvalue weighted by Gasteiger charge is 2.21. The molecule has 1 heterocycles. The van der Waals surface area contributed by atoms with Gasteiger partial charge in [-0.25, -0.2) is 0 Å². The fourth-order valence-electron chi connectivity index (χ4n) is 2.44. The lowest BCUT2D eigenvalue weighted by Gasteiger charge is -2.34. The van der Waals surface area contributed by atoms with Crippen molar-refractivity contribution in [1.82, 2.24) is 10.2 Å². The summed E-state index contributed by atoms with van der Waals surface area (Å²) < 4.78 is 0. The number of carbonyl (C=O) groups is 1. The maximum atomic E-state index is 11.7. The minimum absolute atomic E-state index is 0.193. The molecule has 4 nitrogen and oxygen atoms in total. The molecule has 0 bridgehead atoms. The Hall–Kier alpha value is -0.610. The smallest absolute Gasteiger partial charge is 0.220 e. The highest BCUT2D eigenvalue weighted by molar-refractivity contribution is 5.76. The molecule has 3 N–H and O–H groups in total. The number of nitrogens with zero attached hydrogens (tertiary/aromatic N) is 1. The highest BCUT2D eigenvalue weighted by atomic mass is 16.1. The number of hydrogen-bond donors (Lipinski definition) is 2. The summed E-state index contributed by atoms with van der Waals surface area (Å²) in [6.45, 7) is 8.64. The third kappa shape index (κ3) is 5.83. The zero-order chi connectivity index (χ0) is 13.5. The van der Waals surface area contributed by atoms with Crippen LogP contribution in [0.3, 0.4) is 0 Å². The van der Waals surface area contributed by atoms with Crippen LogP contribution in [0, 0.1) is 0 Å². The molecule has 0 aliphatic carbocycles. The van der Waals surface area contributed by atoms with Crippen LogP contribution >= 0.6 is 0 Å². The van der Waals surface area contributed by atoms with Crippen molar-refractivity contribution in [3.8, 4) is 0 Å². The van der Waals surface area contributed by atoms with Gasteiger partial charge in [-0.15, -0.1) is 0 Å². The quantitative estimate of drug-likeness (QED) is 0.756. The molecular weight excluding hydrogens is 226 g/mol. The summed E-state index contributed by atoms with van der Waals surface area (Å²) in [7, 11) is 0. The van der Waals surface area contributed by atoms with Crippen molar-refractivity contribution in [1.29, 1.82) is 0 Å². The van der Waals surface area contributed by atoms with Crippen LogP contribution in [0.5, 0.6) is 0 Å². The maximum Gasteiger partial charge on any atom is 0.220 e. The fourth-order valence-corrected chi connectivity index (χ4v) is 2.44. The Morgan fingerprint density at radius 2 is 1.94 bits per heavy atom. The number of hydrogen-bond acceptors (Lipinski definition) is 3. The molecule has 1 fully saturated rings. The molecule has 0 spiro atoms. The lowest BCUT2D eigenvalue weighted by atomic mass is 10.0. The maximum absolute atomic E-state index is 11.7. The molecule has 0 aromatic carbocycles. The summed E-state index contributed by atoms with van der Waals surface area (Å²) in [5.74, 6) is 0.193. The van der Waals surface area contributed by atoms with Crippen LogP contribution < -0.4 is 11.1 Å². The van der Waals surface area contributed by atoms with Crippen molar-refractivity contribution in [2.45, 2.75) is 71.0 Å². The minimum Gasteiger partial charge on any atom is -0.353 e. The molecule has 4 heteroatoms. The van der Waals surface area contributed by atoms with Gasteiger partial charge in [0.05, 0.1) is 0 Å². The van der Waals surface area contributed by atoms with Crippen LogP contribution in [-0.4, -0.2) is 42.0 Å². The molecule has 1 rings (SSSR count). The second-order valence-corrected chi connectivity index (χ2v) is 5.84. The van der Waals surface area contributed by atoms with E-state index >= 15 is 0 Å². The standard InChI is InChI=1S/C14H29N3O/c1-11(2)17-9-7-13(8-10-17)16-14(18)6-4-5-12(3)15/h11-13H,4-10,15H2,1-3H3,(H,16,18). The van der Waals surface area contributed by atoms with Crippen molar-refractivity contribution >= 4 is 5.91 Å². The summed E-state index contributed by atoms with van der Waals surface area (Å²) in [5, 5.41) is 3.15. The zero-order valence-corrected chi connectivity index (χ0v) is 12.1. The summed E-state index contributed by atoms with van der Waals surface area (Å²) >= 11 is 0. The van der Waals surface area contributed by atoms with Crippen molar-refractivity contribution in [3.63, 3.8) is 0 Å². The molecule has 1 atom stereocenters. The molecule has 18 heavy (non-hydrogen) atoms. The Balaban J connectivity index is 2.14. The number of carbonyl (C=O) groups excluding carboxylic acids is 1. The van der Waals surface area contributed by atoms with Gasteiger partial charge in [0.25, 0.3) is 0 Å². The molecule has 1 aliphatic rings. The van der Waals surface area contributed by atoms with Gasteiger partial charge in [0.2, 0.25) is 5.91 Å². The fraction of sp³-hybridized carbons (Fsp3) is 0.929. The van der Waals surface area contributed by atoms with Gasteiger partial charge in [0.1, 0.15) is 0 Å². The number of likely N-dealkylation sites (tertiary alicyclic amines) is 1. The van der Waals surface area contributed by atoms with Gasteiger partial charge in [-0.2, -0.15) is 0 Å². The summed E-state index contributed by atoms with van der Waals surface area (Å²) in [6.07, 6.45) is 4.61. The van der Waals surface area contributed by atoms with Crippen molar-refractivity contribution in [2.24, 2.45) is 5.73 Å². The second-order valence-electron chi connectivity index (χ2n) is 5.84.